The quantitative estimate of drug-likeness (QED) is 0.293. The zero-order valence-corrected chi connectivity index (χ0v) is 22.2. The first-order valence-corrected chi connectivity index (χ1v) is 13.7. The summed E-state index contributed by atoms with van der Waals surface area (Å²) in [7, 11) is -2.38. The van der Waals surface area contributed by atoms with Crippen LogP contribution in [0.3, 0.4) is 0 Å². The smallest absolute Gasteiger partial charge is 0.266 e. The van der Waals surface area contributed by atoms with Gasteiger partial charge in [-0.05, 0) is 80.9 Å². The van der Waals surface area contributed by atoms with Gasteiger partial charge in [0.1, 0.15) is 17.3 Å². The zero-order chi connectivity index (χ0) is 26.6. The molecule has 8 nitrogen and oxygen atoms in total. The van der Waals surface area contributed by atoms with Crippen LogP contribution in [0.25, 0.3) is 16.6 Å². The Morgan fingerprint density at radius 1 is 0.946 bits per heavy atom. The molecule has 1 heterocycles. The molecule has 37 heavy (non-hydrogen) atoms. The molecule has 0 saturated heterocycles. The Hall–Kier alpha value is -3.69. The van der Waals surface area contributed by atoms with Crippen molar-refractivity contribution in [1.82, 2.24) is 13.9 Å². The van der Waals surface area contributed by atoms with Crippen LogP contribution in [0.1, 0.15) is 39.1 Å². The van der Waals surface area contributed by atoms with Gasteiger partial charge in [-0.3, -0.25) is 9.36 Å². The fraction of sp³-hybridized carbons (Fsp3) is 0.286. The van der Waals surface area contributed by atoms with E-state index >= 15 is 0 Å². The lowest BCUT2D eigenvalue weighted by atomic mass is 10.2. The highest BCUT2D eigenvalue weighted by atomic mass is 32.2. The molecule has 0 radical (unpaired) electrons. The molecule has 1 aromatic heterocycles. The van der Waals surface area contributed by atoms with Crippen LogP contribution >= 0.6 is 0 Å². The van der Waals surface area contributed by atoms with E-state index in [-0.39, 0.29) is 17.0 Å². The second-order valence-corrected chi connectivity index (χ2v) is 10.4. The van der Waals surface area contributed by atoms with Crippen molar-refractivity contribution in [1.29, 1.82) is 0 Å². The monoisotopic (exact) mass is 521 g/mol. The number of rotatable bonds is 10. The number of fused-ring (bicyclic) bond motifs is 1. The average Bonchev–Trinajstić information content (AvgIpc) is 2.92. The Kier molecular flexibility index (Phi) is 7.94. The Bertz CT molecular complexity index is 1530. The van der Waals surface area contributed by atoms with Gasteiger partial charge in [-0.25, -0.2) is 13.4 Å². The molecule has 0 spiro atoms. The Balaban J connectivity index is 1.89. The van der Waals surface area contributed by atoms with E-state index in [1.54, 1.807) is 61.5 Å². The largest absolute Gasteiger partial charge is 0.497 e. The molecule has 0 fully saturated rings. The summed E-state index contributed by atoms with van der Waals surface area (Å²) in [5, 5.41) is 0.451. The number of hydrogen-bond acceptors (Lipinski definition) is 6. The van der Waals surface area contributed by atoms with Crippen molar-refractivity contribution in [2.45, 2.75) is 38.1 Å². The summed E-state index contributed by atoms with van der Waals surface area (Å²) in [4.78, 5) is 18.7. The number of hydrogen-bond donors (Lipinski definition) is 0. The molecule has 4 aromatic rings. The summed E-state index contributed by atoms with van der Waals surface area (Å²) in [5.74, 6) is 1.57. The van der Waals surface area contributed by atoms with Gasteiger partial charge >= 0.3 is 0 Å². The molecule has 0 saturated carbocycles. The number of sulfonamides is 1. The fourth-order valence-corrected chi connectivity index (χ4v) is 5.98. The topological polar surface area (TPSA) is 90.7 Å². The van der Waals surface area contributed by atoms with Gasteiger partial charge in [-0.2, -0.15) is 4.31 Å². The number of nitrogens with zero attached hydrogens (tertiary/aromatic N) is 3. The molecule has 0 aliphatic rings. The van der Waals surface area contributed by atoms with E-state index in [0.29, 0.717) is 46.9 Å². The molecule has 9 heteroatoms. The minimum atomic E-state index is -3.91. The molecule has 1 unspecified atom stereocenters. The van der Waals surface area contributed by atoms with E-state index in [1.165, 1.54) is 28.1 Å². The predicted octanol–water partition coefficient (Wildman–Crippen LogP) is 4.95. The van der Waals surface area contributed by atoms with Gasteiger partial charge in [0.25, 0.3) is 5.56 Å². The van der Waals surface area contributed by atoms with E-state index in [0.717, 1.165) is 0 Å². The molecular weight excluding hydrogens is 490 g/mol. The van der Waals surface area contributed by atoms with Crippen molar-refractivity contribution >= 4 is 20.9 Å². The molecule has 194 valence electrons. The van der Waals surface area contributed by atoms with E-state index in [9.17, 15) is 13.2 Å². The predicted molar refractivity (Wildman–Crippen MR) is 144 cm³/mol. The van der Waals surface area contributed by atoms with Crippen LogP contribution < -0.4 is 15.0 Å². The molecule has 4 rings (SSSR count). The third-order valence-electron chi connectivity index (χ3n) is 6.12. The lowest BCUT2D eigenvalue weighted by Crippen LogP contribution is -2.38. The normalized spacial score (nSPS) is 12.6. The van der Waals surface area contributed by atoms with E-state index < -0.39 is 16.1 Å². The third kappa shape index (κ3) is 5.23. The molecule has 0 bridgehead atoms. The summed E-state index contributed by atoms with van der Waals surface area (Å²) >= 11 is 0. The van der Waals surface area contributed by atoms with Crippen molar-refractivity contribution in [3.8, 4) is 17.2 Å². The van der Waals surface area contributed by atoms with Gasteiger partial charge in [0.2, 0.25) is 10.0 Å². The number of para-hydroxylation sites is 1. The minimum absolute atomic E-state index is 0.143. The SMILES string of the molecule is CCCN(C(C)c1nc2ccccc2c(=O)n1-c1ccc(OCC)cc1)S(=O)(=O)c1ccc(OC)cc1. The van der Waals surface area contributed by atoms with Crippen LogP contribution in [0.15, 0.2) is 82.5 Å². The number of ether oxygens (including phenoxy) is 2. The second kappa shape index (κ2) is 11.1. The highest BCUT2D eigenvalue weighted by Gasteiger charge is 2.32. The van der Waals surface area contributed by atoms with Gasteiger partial charge < -0.3 is 9.47 Å². The Morgan fingerprint density at radius 2 is 1.59 bits per heavy atom. The molecule has 0 aliphatic carbocycles. The number of methoxy groups -OCH3 is 1. The van der Waals surface area contributed by atoms with E-state index in [1.807, 2.05) is 19.9 Å². The molecule has 0 amide bonds. The molecule has 0 aliphatic heterocycles. The summed E-state index contributed by atoms with van der Waals surface area (Å²) in [6.07, 6.45) is 0.584. The van der Waals surface area contributed by atoms with Crippen molar-refractivity contribution in [2.24, 2.45) is 0 Å². The molecule has 3 aromatic carbocycles. The van der Waals surface area contributed by atoms with E-state index in [2.05, 4.69) is 0 Å². The van der Waals surface area contributed by atoms with Gasteiger partial charge in [0.05, 0.1) is 41.2 Å². The minimum Gasteiger partial charge on any atom is -0.497 e. The number of benzene rings is 3. The molecule has 0 N–H and O–H groups in total. The maximum absolute atomic E-state index is 13.8. The van der Waals surface area contributed by atoms with Gasteiger partial charge in [-0.15, -0.1) is 0 Å². The summed E-state index contributed by atoms with van der Waals surface area (Å²) in [6, 6.07) is 19.8. The summed E-state index contributed by atoms with van der Waals surface area (Å²) in [5.41, 5.74) is 0.816. The standard InChI is InChI=1S/C28H31N3O5S/c1-5-19-30(37(33,34)24-17-15-22(35-4)16-18-24)20(3)27-29-26-10-8-7-9-25(26)28(32)31(27)21-11-13-23(14-12-21)36-6-2/h7-18,20H,5-6,19H2,1-4H3. The maximum Gasteiger partial charge on any atom is 0.266 e. The van der Waals surface area contributed by atoms with Gasteiger partial charge in [0.15, 0.2) is 0 Å². The maximum atomic E-state index is 13.8. The third-order valence-corrected chi connectivity index (χ3v) is 8.11. The summed E-state index contributed by atoms with van der Waals surface area (Å²) < 4.78 is 41.2. The lowest BCUT2D eigenvalue weighted by molar-refractivity contribution is 0.327. The first-order chi connectivity index (χ1) is 17.8. The fourth-order valence-electron chi connectivity index (χ4n) is 4.29. The summed E-state index contributed by atoms with van der Waals surface area (Å²) in [6.45, 7) is 6.35. The Labute approximate surface area is 217 Å². The van der Waals surface area contributed by atoms with Crippen molar-refractivity contribution < 1.29 is 17.9 Å². The highest BCUT2D eigenvalue weighted by Crippen LogP contribution is 2.30. The highest BCUT2D eigenvalue weighted by molar-refractivity contribution is 7.89. The second-order valence-electron chi connectivity index (χ2n) is 8.52. The van der Waals surface area contributed by atoms with Crippen LogP contribution in [0, 0.1) is 0 Å². The lowest BCUT2D eigenvalue weighted by Gasteiger charge is -2.29. The average molecular weight is 522 g/mol. The van der Waals surface area contributed by atoms with Crippen LogP contribution in [0.4, 0.5) is 0 Å². The molecule has 1 atom stereocenters. The van der Waals surface area contributed by atoms with Gasteiger partial charge in [-0.1, -0.05) is 19.1 Å². The van der Waals surface area contributed by atoms with Crippen LogP contribution in [-0.2, 0) is 10.0 Å². The first-order valence-electron chi connectivity index (χ1n) is 12.2. The van der Waals surface area contributed by atoms with E-state index in [4.69, 9.17) is 14.5 Å². The van der Waals surface area contributed by atoms with Crippen molar-refractivity contribution in [3.05, 3.63) is 89.0 Å². The van der Waals surface area contributed by atoms with Crippen molar-refractivity contribution in [2.75, 3.05) is 20.3 Å². The molecular formula is C28H31N3O5S. The van der Waals surface area contributed by atoms with Crippen LogP contribution in [0.5, 0.6) is 11.5 Å². The first kappa shape index (κ1) is 26.4. The van der Waals surface area contributed by atoms with Crippen molar-refractivity contribution in [3.63, 3.8) is 0 Å². The van der Waals surface area contributed by atoms with Gasteiger partial charge in [0, 0.05) is 6.54 Å². The van der Waals surface area contributed by atoms with Crippen LogP contribution in [-0.4, -0.2) is 42.5 Å². The Morgan fingerprint density at radius 3 is 2.22 bits per heavy atom. The van der Waals surface area contributed by atoms with Crippen LogP contribution in [0.2, 0.25) is 0 Å². The number of aromatic nitrogens is 2. The zero-order valence-electron chi connectivity index (χ0n) is 21.4.